The smallest absolute Gasteiger partial charge is 0.255 e. The van der Waals surface area contributed by atoms with Crippen molar-refractivity contribution in [3.05, 3.63) is 98.6 Å². The van der Waals surface area contributed by atoms with Gasteiger partial charge in [0, 0.05) is 21.3 Å². The number of nitrogens with zero attached hydrogens (tertiary/aromatic N) is 3. The standard InChI is InChI=1S/C26H20Cl3N5O2/c1-14-22(25(35)31-20-5-3-4-6-21(20)36-2)23(15-7-9-16(27)10-8-15)34-26(30-14)32-24(33-34)18-12-11-17(28)13-19(18)29/h3-13,23H,1-2H3,(H,31,35)(H,30,32,33). The van der Waals surface area contributed by atoms with Crippen LogP contribution in [0, 0.1) is 0 Å². The Labute approximate surface area is 222 Å². The van der Waals surface area contributed by atoms with E-state index in [0.717, 1.165) is 5.56 Å². The highest BCUT2D eigenvalue weighted by Crippen LogP contribution is 2.38. The number of hydrogen-bond acceptors (Lipinski definition) is 5. The van der Waals surface area contributed by atoms with E-state index < -0.39 is 6.04 Å². The SMILES string of the molecule is COc1ccccc1NC(=O)C1=C(C)Nc2nc(-c3ccc(Cl)cc3Cl)nn2C1c1ccc(Cl)cc1. The lowest BCUT2D eigenvalue weighted by molar-refractivity contribution is -0.113. The van der Waals surface area contributed by atoms with Crippen LogP contribution in [-0.2, 0) is 4.79 Å². The lowest BCUT2D eigenvalue weighted by Crippen LogP contribution is -2.31. The number of para-hydroxylation sites is 2. The van der Waals surface area contributed by atoms with Crippen LogP contribution in [-0.4, -0.2) is 27.8 Å². The molecular formula is C26H20Cl3N5O2. The Kier molecular flexibility index (Phi) is 6.62. The minimum atomic E-state index is -0.583. The van der Waals surface area contributed by atoms with Gasteiger partial charge >= 0.3 is 0 Å². The number of benzene rings is 3. The molecule has 1 unspecified atom stereocenters. The Morgan fingerprint density at radius 1 is 1.03 bits per heavy atom. The van der Waals surface area contributed by atoms with E-state index in [0.29, 0.717) is 55.1 Å². The predicted octanol–water partition coefficient (Wildman–Crippen LogP) is 6.84. The van der Waals surface area contributed by atoms with Crippen LogP contribution in [0.4, 0.5) is 11.6 Å². The molecule has 1 aliphatic rings. The maximum Gasteiger partial charge on any atom is 0.255 e. The third-order valence-electron chi connectivity index (χ3n) is 5.81. The van der Waals surface area contributed by atoms with Gasteiger partial charge < -0.3 is 15.4 Å². The zero-order chi connectivity index (χ0) is 25.4. The molecule has 0 aliphatic carbocycles. The molecule has 182 valence electrons. The first-order chi connectivity index (χ1) is 17.4. The van der Waals surface area contributed by atoms with E-state index in [4.69, 9.17) is 44.6 Å². The summed E-state index contributed by atoms with van der Waals surface area (Å²) < 4.78 is 7.08. The summed E-state index contributed by atoms with van der Waals surface area (Å²) in [7, 11) is 1.55. The fourth-order valence-corrected chi connectivity index (χ4v) is 4.74. The maximum atomic E-state index is 13.7. The molecule has 2 N–H and O–H groups in total. The number of fused-ring (bicyclic) bond motifs is 1. The average molecular weight is 541 g/mol. The van der Waals surface area contributed by atoms with Crippen molar-refractivity contribution in [2.45, 2.75) is 13.0 Å². The van der Waals surface area contributed by atoms with Gasteiger partial charge in [-0.1, -0.05) is 59.1 Å². The molecule has 0 radical (unpaired) electrons. The average Bonchev–Trinajstić information content (AvgIpc) is 3.27. The molecule has 5 rings (SSSR count). The number of halogens is 3. The lowest BCUT2D eigenvalue weighted by Gasteiger charge is -2.28. The second-order valence-corrected chi connectivity index (χ2v) is 9.38. The Balaban J connectivity index is 1.61. The molecule has 1 aromatic heterocycles. The van der Waals surface area contributed by atoms with Crippen molar-refractivity contribution in [1.82, 2.24) is 14.8 Å². The fourth-order valence-electron chi connectivity index (χ4n) is 4.12. The Hall–Kier alpha value is -3.52. The summed E-state index contributed by atoms with van der Waals surface area (Å²) in [5.41, 5.74) is 3.09. The van der Waals surface area contributed by atoms with Gasteiger partial charge in [0.05, 0.1) is 23.4 Å². The van der Waals surface area contributed by atoms with E-state index in [1.807, 2.05) is 31.2 Å². The monoisotopic (exact) mass is 539 g/mol. The zero-order valence-electron chi connectivity index (χ0n) is 19.2. The molecule has 36 heavy (non-hydrogen) atoms. The number of nitrogens with one attached hydrogen (secondary N) is 2. The highest BCUT2D eigenvalue weighted by atomic mass is 35.5. The molecule has 0 spiro atoms. The van der Waals surface area contributed by atoms with Crippen molar-refractivity contribution < 1.29 is 9.53 Å². The van der Waals surface area contributed by atoms with Gasteiger partial charge in [-0.05, 0) is 55.0 Å². The molecular weight excluding hydrogens is 521 g/mol. The number of ether oxygens (including phenoxy) is 1. The van der Waals surface area contributed by atoms with Crippen LogP contribution in [0.5, 0.6) is 5.75 Å². The summed E-state index contributed by atoms with van der Waals surface area (Å²) >= 11 is 18.7. The van der Waals surface area contributed by atoms with Crippen LogP contribution in [0.1, 0.15) is 18.5 Å². The van der Waals surface area contributed by atoms with Crippen LogP contribution in [0.2, 0.25) is 15.1 Å². The van der Waals surface area contributed by atoms with Crippen LogP contribution >= 0.6 is 34.8 Å². The van der Waals surface area contributed by atoms with Crippen LogP contribution < -0.4 is 15.4 Å². The second kappa shape index (κ2) is 9.85. The molecule has 2 heterocycles. The molecule has 0 saturated heterocycles. The predicted molar refractivity (Wildman–Crippen MR) is 143 cm³/mol. The Morgan fingerprint density at radius 3 is 2.47 bits per heavy atom. The van der Waals surface area contributed by atoms with E-state index in [1.165, 1.54) is 0 Å². The molecule has 1 atom stereocenters. The zero-order valence-corrected chi connectivity index (χ0v) is 21.5. The van der Waals surface area contributed by atoms with Crippen molar-refractivity contribution in [3.8, 4) is 17.1 Å². The van der Waals surface area contributed by atoms with Gasteiger partial charge in [-0.25, -0.2) is 4.68 Å². The van der Waals surface area contributed by atoms with Crippen molar-refractivity contribution in [1.29, 1.82) is 0 Å². The summed E-state index contributed by atoms with van der Waals surface area (Å²) in [6, 6.07) is 19.0. The number of allylic oxidation sites excluding steroid dienone is 1. The molecule has 1 aliphatic heterocycles. The van der Waals surface area contributed by atoms with Gasteiger partial charge in [0.15, 0.2) is 5.82 Å². The van der Waals surface area contributed by atoms with Crippen LogP contribution in [0.3, 0.4) is 0 Å². The third kappa shape index (κ3) is 4.53. The number of aromatic nitrogens is 3. The topological polar surface area (TPSA) is 81.1 Å². The number of rotatable bonds is 5. The largest absolute Gasteiger partial charge is 0.495 e. The molecule has 1 amide bonds. The van der Waals surface area contributed by atoms with Gasteiger partial charge in [0.2, 0.25) is 5.95 Å². The Morgan fingerprint density at radius 2 is 1.75 bits per heavy atom. The summed E-state index contributed by atoms with van der Waals surface area (Å²) in [6.07, 6.45) is 0. The molecule has 10 heteroatoms. The number of amides is 1. The minimum Gasteiger partial charge on any atom is -0.495 e. The van der Waals surface area contributed by atoms with Gasteiger partial charge in [-0.15, -0.1) is 5.10 Å². The first-order valence-electron chi connectivity index (χ1n) is 11.0. The van der Waals surface area contributed by atoms with Gasteiger partial charge in [-0.2, -0.15) is 4.98 Å². The highest BCUT2D eigenvalue weighted by Gasteiger charge is 2.35. The van der Waals surface area contributed by atoms with Gasteiger partial charge in [0.25, 0.3) is 5.91 Å². The van der Waals surface area contributed by atoms with Crippen LogP contribution in [0.15, 0.2) is 78.0 Å². The fraction of sp³-hybridized carbons (Fsp3) is 0.115. The maximum absolute atomic E-state index is 13.7. The molecule has 7 nitrogen and oxygen atoms in total. The minimum absolute atomic E-state index is 0.309. The van der Waals surface area contributed by atoms with Crippen molar-refractivity contribution in [3.63, 3.8) is 0 Å². The summed E-state index contributed by atoms with van der Waals surface area (Å²) in [5.74, 6) is 1.12. The van der Waals surface area contributed by atoms with Crippen molar-refractivity contribution in [2.24, 2.45) is 0 Å². The number of methoxy groups -OCH3 is 1. The molecule has 3 aromatic carbocycles. The summed E-state index contributed by atoms with van der Waals surface area (Å²) in [6.45, 7) is 1.83. The molecule has 4 aromatic rings. The summed E-state index contributed by atoms with van der Waals surface area (Å²) in [5, 5.41) is 12.5. The van der Waals surface area contributed by atoms with Gasteiger partial charge in [-0.3, -0.25) is 4.79 Å². The van der Waals surface area contributed by atoms with E-state index in [9.17, 15) is 4.79 Å². The highest BCUT2D eigenvalue weighted by molar-refractivity contribution is 6.36. The molecule has 0 fully saturated rings. The number of carbonyl (C=O) groups excluding carboxylic acids is 1. The number of anilines is 2. The first-order valence-corrected chi connectivity index (χ1v) is 12.1. The number of carbonyl (C=O) groups is 1. The van der Waals surface area contributed by atoms with E-state index >= 15 is 0 Å². The lowest BCUT2D eigenvalue weighted by atomic mass is 9.95. The van der Waals surface area contributed by atoms with Gasteiger partial charge in [0.1, 0.15) is 11.8 Å². The Bertz CT molecular complexity index is 1500. The number of hydrogen-bond donors (Lipinski definition) is 2. The normalized spacial score (nSPS) is 14.8. The van der Waals surface area contributed by atoms with E-state index in [1.54, 1.807) is 54.3 Å². The van der Waals surface area contributed by atoms with E-state index in [-0.39, 0.29) is 5.91 Å². The van der Waals surface area contributed by atoms with Crippen LogP contribution in [0.25, 0.3) is 11.4 Å². The summed E-state index contributed by atoms with van der Waals surface area (Å²) in [4.78, 5) is 18.3. The third-order valence-corrected chi connectivity index (χ3v) is 6.61. The second-order valence-electron chi connectivity index (χ2n) is 8.10. The van der Waals surface area contributed by atoms with E-state index in [2.05, 4.69) is 15.6 Å². The van der Waals surface area contributed by atoms with Crippen molar-refractivity contribution >= 4 is 52.3 Å². The van der Waals surface area contributed by atoms with Crippen molar-refractivity contribution in [2.75, 3.05) is 17.7 Å². The molecule has 0 saturated carbocycles. The first kappa shape index (κ1) is 24.2. The quantitative estimate of drug-likeness (QED) is 0.290. The molecule has 0 bridgehead atoms.